The Labute approximate surface area is 214 Å². The Hall–Kier alpha value is -3.05. The van der Waals surface area contributed by atoms with Gasteiger partial charge in [0, 0.05) is 18.8 Å². The number of halogens is 1. The van der Waals surface area contributed by atoms with E-state index in [9.17, 15) is 4.39 Å². The van der Waals surface area contributed by atoms with E-state index in [0.29, 0.717) is 0 Å². The molecule has 0 aromatic heterocycles. The average Bonchev–Trinajstić information content (AvgIpc) is 3.09. The summed E-state index contributed by atoms with van der Waals surface area (Å²) < 4.78 is 25.3. The number of methoxy groups -OCH3 is 1. The highest BCUT2D eigenvalue weighted by atomic mass is 19.1. The van der Waals surface area contributed by atoms with Crippen LogP contribution in [0.4, 0.5) is 10.1 Å². The molecule has 2 aliphatic rings. The van der Waals surface area contributed by atoms with Crippen molar-refractivity contribution in [2.24, 2.45) is 0 Å². The minimum absolute atomic E-state index is 0.157. The molecule has 0 bridgehead atoms. The second kappa shape index (κ2) is 11.8. The van der Waals surface area contributed by atoms with Crippen LogP contribution in [0.3, 0.4) is 0 Å². The van der Waals surface area contributed by atoms with Crippen molar-refractivity contribution in [1.82, 2.24) is 4.90 Å². The SMILES string of the molecule is COc1ccc2c(c1)CCCN(c1ccc(F)cc1)C2Cc1ccc(OCCN2CCCCC2)cc1. The fraction of sp³-hybridized carbons (Fsp3) is 0.419. The quantitative estimate of drug-likeness (QED) is 0.365. The van der Waals surface area contributed by atoms with Gasteiger partial charge in [-0.05, 0) is 110 Å². The third-order valence-electron chi connectivity index (χ3n) is 7.57. The Morgan fingerprint density at radius 2 is 1.58 bits per heavy atom. The fourth-order valence-electron chi connectivity index (χ4n) is 5.60. The second-order valence-electron chi connectivity index (χ2n) is 9.95. The molecular formula is C31H37FN2O2. The van der Waals surface area contributed by atoms with Gasteiger partial charge in [0.15, 0.2) is 0 Å². The summed E-state index contributed by atoms with van der Waals surface area (Å²) in [5.74, 6) is 1.62. The number of nitrogens with zero attached hydrogens (tertiary/aromatic N) is 2. The summed E-state index contributed by atoms with van der Waals surface area (Å²) in [6, 6.07) is 22.1. The predicted molar refractivity (Wildman–Crippen MR) is 144 cm³/mol. The van der Waals surface area contributed by atoms with Gasteiger partial charge in [-0.25, -0.2) is 4.39 Å². The van der Waals surface area contributed by atoms with Gasteiger partial charge in [0.1, 0.15) is 23.9 Å². The number of hydrogen-bond donors (Lipinski definition) is 0. The molecule has 0 spiro atoms. The summed E-state index contributed by atoms with van der Waals surface area (Å²) in [7, 11) is 1.72. The average molecular weight is 489 g/mol. The van der Waals surface area contributed by atoms with E-state index in [4.69, 9.17) is 9.47 Å². The van der Waals surface area contributed by atoms with E-state index in [-0.39, 0.29) is 11.9 Å². The van der Waals surface area contributed by atoms with Crippen molar-refractivity contribution < 1.29 is 13.9 Å². The molecule has 1 unspecified atom stereocenters. The minimum atomic E-state index is -0.203. The number of ether oxygens (including phenoxy) is 2. The van der Waals surface area contributed by atoms with Crippen molar-refractivity contribution in [2.45, 2.75) is 44.6 Å². The maximum absolute atomic E-state index is 13.7. The van der Waals surface area contributed by atoms with Crippen LogP contribution in [0.1, 0.15) is 48.4 Å². The molecule has 3 aromatic carbocycles. The first kappa shape index (κ1) is 24.6. The molecule has 0 radical (unpaired) electrons. The van der Waals surface area contributed by atoms with Crippen molar-refractivity contribution in [3.05, 3.63) is 89.2 Å². The number of piperidine rings is 1. The first-order valence-electron chi connectivity index (χ1n) is 13.3. The van der Waals surface area contributed by atoms with Gasteiger partial charge in [0.2, 0.25) is 0 Å². The van der Waals surface area contributed by atoms with E-state index in [2.05, 4.69) is 52.3 Å². The molecule has 0 aliphatic carbocycles. The summed E-state index contributed by atoms with van der Waals surface area (Å²) >= 11 is 0. The lowest BCUT2D eigenvalue weighted by Crippen LogP contribution is -2.33. The van der Waals surface area contributed by atoms with Crippen LogP contribution in [0.2, 0.25) is 0 Å². The summed E-state index contributed by atoms with van der Waals surface area (Å²) in [6.07, 6.45) is 6.88. The lowest BCUT2D eigenvalue weighted by molar-refractivity contribution is 0.183. The van der Waals surface area contributed by atoms with Crippen molar-refractivity contribution in [3.63, 3.8) is 0 Å². The van der Waals surface area contributed by atoms with E-state index in [1.807, 2.05) is 12.1 Å². The van der Waals surface area contributed by atoms with E-state index in [1.54, 1.807) is 19.2 Å². The Morgan fingerprint density at radius 3 is 2.33 bits per heavy atom. The highest BCUT2D eigenvalue weighted by Crippen LogP contribution is 2.37. The maximum Gasteiger partial charge on any atom is 0.123 e. The van der Waals surface area contributed by atoms with Gasteiger partial charge in [-0.15, -0.1) is 0 Å². The van der Waals surface area contributed by atoms with Crippen LogP contribution in [0.15, 0.2) is 66.7 Å². The molecule has 0 amide bonds. The molecule has 5 heteroatoms. The highest BCUT2D eigenvalue weighted by molar-refractivity contribution is 5.52. The summed E-state index contributed by atoms with van der Waals surface area (Å²) in [5, 5.41) is 0. The van der Waals surface area contributed by atoms with E-state index >= 15 is 0 Å². The molecule has 0 saturated carbocycles. The maximum atomic E-state index is 13.7. The number of likely N-dealkylation sites (tertiary alicyclic amines) is 1. The van der Waals surface area contributed by atoms with E-state index < -0.39 is 0 Å². The van der Waals surface area contributed by atoms with E-state index in [1.165, 1.54) is 49.0 Å². The molecule has 5 rings (SSSR count). The number of benzene rings is 3. The van der Waals surface area contributed by atoms with Crippen LogP contribution < -0.4 is 14.4 Å². The summed E-state index contributed by atoms with van der Waals surface area (Å²) in [6.45, 7) is 5.04. The van der Waals surface area contributed by atoms with Crippen molar-refractivity contribution in [3.8, 4) is 11.5 Å². The Kier molecular flexibility index (Phi) is 8.07. The third kappa shape index (κ3) is 6.01. The van der Waals surface area contributed by atoms with Crippen LogP contribution in [-0.4, -0.2) is 44.8 Å². The molecule has 1 saturated heterocycles. The van der Waals surface area contributed by atoms with Gasteiger partial charge in [-0.3, -0.25) is 4.90 Å². The lowest BCUT2D eigenvalue weighted by atomic mass is 9.93. The molecule has 1 atom stereocenters. The Bertz CT molecular complexity index is 1110. The van der Waals surface area contributed by atoms with E-state index in [0.717, 1.165) is 56.1 Å². The molecule has 2 aliphatic heterocycles. The molecule has 0 N–H and O–H groups in total. The predicted octanol–water partition coefficient (Wildman–Crippen LogP) is 6.44. The molecule has 190 valence electrons. The molecule has 2 heterocycles. The number of hydrogen-bond acceptors (Lipinski definition) is 4. The largest absolute Gasteiger partial charge is 0.497 e. The third-order valence-corrected chi connectivity index (χ3v) is 7.57. The normalized spacial score (nSPS) is 18.4. The first-order chi connectivity index (χ1) is 17.7. The Balaban J connectivity index is 1.33. The van der Waals surface area contributed by atoms with Crippen LogP contribution in [0.25, 0.3) is 0 Å². The standard InChI is InChI=1S/C31H37FN2O2/c1-35-29-15-16-30-25(23-29)6-5-19-34(27-11-9-26(32)10-12-27)31(30)22-24-7-13-28(14-8-24)36-21-20-33-17-3-2-4-18-33/h7-16,23,31H,2-6,17-22H2,1H3. The van der Waals surface area contributed by atoms with Crippen LogP contribution >= 0.6 is 0 Å². The van der Waals surface area contributed by atoms with Gasteiger partial charge >= 0.3 is 0 Å². The highest BCUT2D eigenvalue weighted by Gasteiger charge is 2.27. The monoisotopic (exact) mass is 488 g/mol. The van der Waals surface area contributed by atoms with Crippen LogP contribution in [0.5, 0.6) is 11.5 Å². The zero-order valence-corrected chi connectivity index (χ0v) is 21.3. The van der Waals surface area contributed by atoms with Crippen molar-refractivity contribution >= 4 is 5.69 Å². The summed E-state index contributed by atoms with van der Waals surface area (Å²) in [4.78, 5) is 4.93. The smallest absolute Gasteiger partial charge is 0.123 e. The van der Waals surface area contributed by atoms with Gasteiger partial charge < -0.3 is 14.4 Å². The number of anilines is 1. The van der Waals surface area contributed by atoms with Crippen LogP contribution in [-0.2, 0) is 12.8 Å². The van der Waals surface area contributed by atoms with Gasteiger partial charge in [-0.1, -0.05) is 24.6 Å². The molecule has 36 heavy (non-hydrogen) atoms. The second-order valence-corrected chi connectivity index (χ2v) is 9.95. The summed E-state index contributed by atoms with van der Waals surface area (Å²) in [5.41, 5.74) is 4.98. The Morgan fingerprint density at radius 1 is 0.833 bits per heavy atom. The first-order valence-corrected chi connectivity index (χ1v) is 13.3. The van der Waals surface area contributed by atoms with Gasteiger partial charge in [0.05, 0.1) is 13.2 Å². The zero-order valence-electron chi connectivity index (χ0n) is 21.3. The lowest BCUT2D eigenvalue weighted by Gasteiger charge is -2.33. The number of fused-ring (bicyclic) bond motifs is 1. The minimum Gasteiger partial charge on any atom is -0.497 e. The zero-order chi connectivity index (χ0) is 24.7. The number of aryl methyl sites for hydroxylation is 1. The number of rotatable bonds is 8. The molecular weight excluding hydrogens is 451 g/mol. The van der Waals surface area contributed by atoms with Gasteiger partial charge in [-0.2, -0.15) is 0 Å². The topological polar surface area (TPSA) is 24.9 Å². The molecule has 3 aromatic rings. The fourth-order valence-corrected chi connectivity index (χ4v) is 5.60. The molecule has 1 fully saturated rings. The molecule has 4 nitrogen and oxygen atoms in total. The van der Waals surface area contributed by atoms with Gasteiger partial charge in [0.25, 0.3) is 0 Å². The van der Waals surface area contributed by atoms with Crippen LogP contribution in [0, 0.1) is 5.82 Å². The van der Waals surface area contributed by atoms with Crippen molar-refractivity contribution in [1.29, 1.82) is 0 Å². The van der Waals surface area contributed by atoms with Crippen molar-refractivity contribution in [2.75, 3.05) is 44.8 Å².